The van der Waals surface area contributed by atoms with Crippen molar-refractivity contribution in [3.05, 3.63) is 63.9 Å². The molecule has 0 saturated carbocycles. The van der Waals surface area contributed by atoms with Gasteiger partial charge in [-0.1, -0.05) is 46.6 Å². The zero-order valence-electron chi connectivity index (χ0n) is 11.2. The van der Waals surface area contributed by atoms with Gasteiger partial charge in [-0.2, -0.15) is 0 Å². The lowest BCUT2D eigenvalue weighted by atomic mass is 10.0. The van der Waals surface area contributed by atoms with Crippen molar-refractivity contribution in [3.8, 4) is 22.6 Å². The van der Waals surface area contributed by atoms with Gasteiger partial charge in [-0.25, -0.2) is 4.39 Å². The third-order valence-corrected chi connectivity index (χ3v) is 3.91. The van der Waals surface area contributed by atoms with Crippen molar-refractivity contribution in [1.29, 1.82) is 0 Å². The van der Waals surface area contributed by atoms with E-state index in [0.717, 1.165) is 0 Å². The molecular formula is C16H10Cl2FNO2. The highest BCUT2D eigenvalue weighted by atomic mass is 35.5. The highest BCUT2D eigenvalue weighted by molar-refractivity contribution is 6.34. The molecule has 0 aliphatic rings. The maximum atomic E-state index is 14.1. The van der Waals surface area contributed by atoms with Crippen LogP contribution in [-0.4, -0.2) is 10.3 Å². The molecule has 0 spiro atoms. The lowest BCUT2D eigenvalue weighted by Gasteiger charge is -2.05. The fourth-order valence-electron chi connectivity index (χ4n) is 2.23. The van der Waals surface area contributed by atoms with Gasteiger partial charge in [0.25, 0.3) is 0 Å². The van der Waals surface area contributed by atoms with Gasteiger partial charge in [-0.15, -0.1) is 0 Å². The third kappa shape index (κ3) is 2.50. The Labute approximate surface area is 135 Å². The van der Waals surface area contributed by atoms with Gasteiger partial charge in [-0.3, -0.25) is 0 Å². The molecule has 1 N–H and O–H groups in total. The Kier molecular flexibility index (Phi) is 4.16. The van der Waals surface area contributed by atoms with Crippen molar-refractivity contribution in [2.24, 2.45) is 0 Å². The molecule has 0 bridgehead atoms. The summed E-state index contributed by atoms with van der Waals surface area (Å²) in [5, 5.41) is 14.2. The highest BCUT2D eigenvalue weighted by Crippen LogP contribution is 2.38. The van der Waals surface area contributed by atoms with Crippen LogP contribution >= 0.6 is 23.2 Å². The predicted molar refractivity (Wildman–Crippen MR) is 83.3 cm³/mol. The van der Waals surface area contributed by atoms with Crippen LogP contribution in [0, 0.1) is 5.82 Å². The molecule has 1 aromatic heterocycles. The number of benzene rings is 2. The Morgan fingerprint density at radius 1 is 1.05 bits per heavy atom. The van der Waals surface area contributed by atoms with Crippen LogP contribution in [0.15, 0.2) is 47.0 Å². The quantitative estimate of drug-likeness (QED) is 0.735. The molecule has 0 radical (unpaired) electrons. The van der Waals surface area contributed by atoms with Gasteiger partial charge in [0.15, 0.2) is 5.76 Å². The zero-order valence-corrected chi connectivity index (χ0v) is 12.7. The Hall–Kier alpha value is -1.88. The van der Waals surface area contributed by atoms with Crippen molar-refractivity contribution in [3.63, 3.8) is 0 Å². The van der Waals surface area contributed by atoms with Gasteiger partial charge >= 0.3 is 0 Å². The van der Waals surface area contributed by atoms with Crippen molar-refractivity contribution in [2.75, 3.05) is 0 Å². The molecule has 22 heavy (non-hydrogen) atoms. The molecule has 0 fully saturated rings. The smallest absolute Gasteiger partial charge is 0.174 e. The van der Waals surface area contributed by atoms with Gasteiger partial charge in [0.1, 0.15) is 11.5 Å². The fourth-order valence-corrected chi connectivity index (χ4v) is 2.71. The summed E-state index contributed by atoms with van der Waals surface area (Å²) in [5.74, 6) is -0.247. The second-order valence-electron chi connectivity index (χ2n) is 4.57. The lowest BCUT2D eigenvalue weighted by molar-refractivity contribution is 0.281. The number of nitrogens with zero attached hydrogens (tertiary/aromatic N) is 1. The Morgan fingerprint density at radius 2 is 1.77 bits per heavy atom. The molecule has 2 aromatic carbocycles. The predicted octanol–water partition coefficient (Wildman–Crippen LogP) is 4.95. The largest absolute Gasteiger partial charge is 0.391 e. The maximum absolute atomic E-state index is 14.1. The topological polar surface area (TPSA) is 46.3 Å². The summed E-state index contributed by atoms with van der Waals surface area (Å²) >= 11 is 12.2. The molecule has 3 rings (SSSR count). The third-order valence-electron chi connectivity index (χ3n) is 3.26. The summed E-state index contributed by atoms with van der Waals surface area (Å²) in [7, 11) is 0. The number of aromatic nitrogens is 1. The standard InChI is InChI=1S/C16H10Cl2FNO2/c17-11-5-2-1-4-9(11)16-10(8-21)15(20-22-16)14-12(18)6-3-7-13(14)19/h1-7,21H,8H2. The first kappa shape index (κ1) is 15.0. The van der Waals surface area contributed by atoms with Crippen LogP contribution in [0.2, 0.25) is 10.0 Å². The van der Waals surface area contributed by atoms with Gasteiger partial charge in [0, 0.05) is 5.56 Å². The number of halogens is 3. The summed E-state index contributed by atoms with van der Waals surface area (Å²) in [6, 6.07) is 11.3. The van der Waals surface area contributed by atoms with Crippen molar-refractivity contribution >= 4 is 23.2 Å². The molecule has 1 heterocycles. The van der Waals surface area contributed by atoms with Gasteiger partial charge in [0.2, 0.25) is 0 Å². The summed E-state index contributed by atoms with van der Waals surface area (Å²) in [6.07, 6.45) is 0. The van der Waals surface area contributed by atoms with Crippen LogP contribution in [0.1, 0.15) is 5.56 Å². The molecule has 112 valence electrons. The summed E-state index contributed by atoms with van der Waals surface area (Å²) in [4.78, 5) is 0. The Bertz CT molecular complexity index is 813. The molecule has 0 unspecified atom stereocenters. The SMILES string of the molecule is OCc1c(-c2c(F)cccc2Cl)noc1-c1ccccc1Cl. The minimum Gasteiger partial charge on any atom is -0.391 e. The molecule has 0 aliphatic heterocycles. The van der Waals surface area contributed by atoms with E-state index >= 15 is 0 Å². The van der Waals surface area contributed by atoms with Gasteiger partial charge < -0.3 is 9.63 Å². The number of aliphatic hydroxyl groups excluding tert-OH is 1. The van der Waals surface area contributed by atoms with E-state index in [-0.39, 0.29) is 22.9 Å². The lowest BCUT2D eigenvalue weighted by Crippen LogP contribution is -1.93. The molecule has 0 saturated heterocycles. The average Bonchev–Trinajstić information content (AvgIpc) is 2.91. The van der Waals surface area contributed by atoms with E-state index in [4.69, 9.17) is 27.7 Å². The fraction of sp³-hybridized carbons (Fsp3) is 0.0625. The maximum Gasteiger partial charge on any atom is 0.174 e. The second kappa shape index (κ2) is 6.08. The van der Waals surface area contributed by atoms with E-state index in [9.17, 15) is 9.50 Å². The highest BCUT2D eigenvalue weighted by Gasteiger charge is 2.23. The monoisotopic (exact) mass is 337 g/mol. The second-order valence-corrected chi connectivity index (χ2v) is 5.39. The molecule has 0 aliphatic carbocycles. The van der Waals surface area contributed by atoms with Crippen LogP contribution in [0.5, 0.6) is 0 Å². The zero-order chi connectivity index (χ0) is 15.7. The van der Waals surface area contributed by atoms with Crippen LogP contribution in [0.3, 0.4) is 0 Å². The molecule has 3 aromatic rings. The molecular weight excluding hydrogens is 328 g/mol. The molecule has 0 atom stereocenters. The number of hydrogen-bond donors (Lipinski definition) is 1. The van der Waals surface area contributed by atoms with Crippen molar-refractivity contribution < 1.29 is 14.0 Å². The number of hydrogen-bond acceptors (Lipinski definition) is 3. The molecule has 6 heteroatoms. The van der Waals surface area contributed by atoms with Crippen LogP contribution < -0.4 is 0 Å². The van der Waals surface area contributed by atoms with E-state index in [1.807, 2.05) is 0 Å². The van der Waals surface area contributed by atoms with Crippen LogP contribution in [0.4, 0.5) is 4.39 Å². The van der Waals surface area contributed by atoms with Gasteiger partial charge in [0.05, 0.1) is 27.8 Å². The van der Waals surface area contributed by atoms with E-state index in [1.165, 1.54) is 12.1 Å². The Balaban J connectivity index is 2.23. The Morgan fingerprint density at radius 3 is 2.45 bits per heavy atom. The number of rotatable bonds is 3. The summed E-state index contributed by atoms with van der Waals surface area (Å²) < 4.78 is 19.4. The molecule has 0 amide bonds. The first-order valence-electron chi connectivity index (χ1n) is 6.42. The minimum atomic E-state index is -0.541. The van der Waals surface area contributed by atoms with E-state index in [1.54, 1.807) is 30.3 Å². The minimum absolute atomic E-state index is 0.0928. The number of aliphatic hydroxyl groups is 1. The van der Waals surface area contributed by atoms with Gasteiger partial charge in [-0.05, 0) is 24.3 Å². The normalized spacial score (nSPS) is 10.9. The van der Waals surface area contributed by atoms with Crippen molar-refractivity contribution in [2.45, 2.75) is 6.61 Å². The van der Waals surface area contributed by atoms with E-state index < -0.39 is 5.82 Å². The van der Waals surface area contributed by atoms with E-state index in [0.29, 0.717) is 21.9 Å². The first-order chi connectivity index (χ1) is 10.6. The summed E-state index contributed by atoms with van der Waals surface area (Å²) in [5.41, 5.74) is 1.16. The average molecular weight is 338 g/mol. The first-order valence-corrected chi connectivity index (χ1v) is 7.17. The van der Waals surface area contributed by atoms with E-state index in [2.05, 4.69) is 5.16 Å². The molecule has 3 nitrogen and oxygen atoms in total. The van der Waals surface area contributed by atoms with Crippen LogP contribution in [0.25, 0.3) is 22.6 Å². The van der Waals surface area contributed by atoms with Crippen LogP contribution in [-0.2, 0) is 6.61 Å². The van der Waals surface area contributed by atoms with Crippen molar-refractivity contribution in [1.82, 2.24) is 5.16 Å². The summed E-state index contributed by atoms with van der Waals surface area (Å²) in [6.45, 7) is -0.385.